The second-order valence-corrected chi connectivity index (χ2v) is 4.04. The topological polar surface area (TPSA) is 37.9 Å². The van der Waals surface area contributed by atoms with Gasteiger partial charge in [0.15, 0.2) is 5.75 Å². The number of nitrogens with one attached hydrogen (secondary N) is 1. The highest BCUT2D eigenvalue weighted by molar-refractivity contribution is 7.99. The van der Waals surface area contributed by atoms with Crippen LogP contribution in [0.4, 0.5) is 0 Å². The fourth-order valence-corrected chi connectivity index (χ4v) is 2.34. The Morgan fingerprint density at radius 3 is 3.33 bits per heavy atom. The largest absolute Gasteiger partial charge is 0.486 e. The maximum absolute atomic E-state index is 5.68. The molecule has 3 nitrogen and oxygen atoms in total. The fourth-order valence-electron chi connectivity index (χ4n) is 1.30. The Labute approximate surface area is 75.9 Å². The summed E-state index contributed by atoms with van der Waals surface area (Å²) < 4.78 is 5.68. The Kier molecular flexibility index (Phi) is 2.56. The van der Waals surface area contributed by atoms with Crippen LogP contribution < -0.4 is 4.74 Å². The molecule has 1 saturated heterocycles. The normalized spacial score (nSPS) is 23.8. The minimum absolute atomic E-state index is 0.390. The van der Waals surface area contributed by atoms with Crippen LogP contribution in [0.1, 0.15) is 12.8 Å². The van der Waals surface area contributed by atoms with Crippen LogP contribution in [0.2, 0.25) is 0 Å². The fraction of sp³-hybridized carbons (Fsp3) is 0.625. The van der Waals surface area contributed by atoms with Gasteiger partial charge in [0.2, 0.25) is 0 Å². The number of hydrogen-bond donors (Lipinski definition) is 1. The third-order valence-electron chi connectivity index (χ3n) is 1.89. The summed E-state index contributed by atoms with van der Waals surface area (Å²) in [6, 6.07) is 0. The van der Waals surface area contributed by atoms with E-state index >= 15 is 0 Å². The molecular formula is C8H12N2OS. The van der Waals surface area contributed by atoms with E-state index in [1.54, 1.807) is 12.4 Å². The zero-order valence-corrected chi connectivity index (χ0v) is 7.64. The summed E-state index contributed by atoms with van der Waals surface area (Å²) in [7, 11) is 0. The molecule has 0 bridgehead atoms. The molecule has 0 spiro atoms. The molecular weight excluding hydrogens is 172 g/mol. The molecule has 0 aromatic carbocycles. The average Bonchev–Trinajstić information content (AvgIpc) is 2.59. The van der Waals surface area contributed by atoms with Crippen LogP contribution in [-0.2, 0) is 0 Å². The molecule has 12 heavy (non-hydrogen) atoms. The lowest BCUT2D eigenvalue weighted by atomic mass is 10.2. The molecule has 1 aromatic heterocycles. The zero-order chi connectivity index (χ0) is 8.23. The van der Waals surface area contributed by atoms with Crippen molar-refractivity contribution in [1.82, 2.24) is 10.2 Å². The van der Waals surface area contributed by atoms with E-state index in [2.05, 4.69) is 10.2 Å². The highest BCUT2D eigenvalue weighted by Crippen LogP contribution is 2.21. The van der Waals surface area contributed by atoms with Gasteiger partial charge in [-0.1, -0.05) is 0 Å². The average molecular weight is 184 g/mol. The van der Waals surface area contributed by atoms with E-state index in [1.807, 2.05) is 11.8 Å². The molecule has 4 heteroatoms. The second kappa shape index (κ2) is 3.85. The summed E-state index contributed by atoms with van der Waals surface area (Å²) >= 11 is 1.97. The van der Waals surface area contributed by atoms with E-state index in [0.717, 1.165) is 11.5 Å². The van der Waals surface area contributed by atoms with Gasteiger partial charge in [-0.05, 0) is 18.6 Å². The molecule has 1 N–H and O–H groups in total. The lowest BCUT2D eigenvalue weighted by Crippen LogP contribution is -2.23. The predicted octanol–water partition coefficient (Wildman–Crippen LogP) is 1.68. The quantitative estimate of drug-likeness (QED) is 0.760. The van der Waals surface area contributed by atoms with E-state index in [-0.39, 0.29) is 0 Å². The number of hydrogen-bond acceptors (Lipinski definition) is 3. The molecule has 2 heterocycles. The van der Waals surface area contributed by atoms with Gasteiger partial charge in [0.05, 0.1) is 12.4 Å². The summed E-state index contributed by atoms with van der Waals surface area (Å²) in [5.74, 6) is 3.26. The molecule has 1 fully saturated rings. The molecule has 66 valence electrons. The van der Waals surface area contributed by atoms with Crippen molar-refractivity contribution in [3.05, 3.63) is 12.4 Å². The molecule has 1 unspecified atom stereocenters. The summed E-state index contributed by atoms with van der Waals surface area (Å²) in [4.78, 5) is 0. The van der Waals surface area contributed by atoms with Crippen LogP contribution in [0.3, 0.4) is 0 Å². The molecule has 0 saturated carbocycles. The van der Waals surface area contributed by atoms with Crippen LogP contribution in [0.15, 0.2) is 12.4 Å². The van der Waals surface area contributed by atoms with E-state index in [4.69, 9.17) is 4.74 Å². The van der Waals surface area contributed by atoms with Crippen molar-refractivity contribution in [3.63, 3.8) is 0 Å². The van der Waals surface area contributed by atoms with E-state index in [9.17, 15) is 0 Å². The summed E-state index contributed by atoms with van der Waals surface area (Å²) in [6.07, 6.45) is 6.35. The zero-order valence-electron chi connectivity index (χ0n) is 6.82. The number of aromatic nitrogens is 2. The first kappa shape index (κ1) is 7.98. The Morgan fingerprint density at radius 1 is 1.67 bits per heavy atom. The van der Waals surface area contributed by atoms with Gasteiger partial charge in [0.25, 0.3) is 0 Å². The maximum atomic E-state index is 5.68. The summed E-state index contributed by atoms with van der Waals surface area (Å²) in [5, 5.41) is 6.57. The maximum Gasteiger partial charge on any atom is 0.157 e. The van der Waals surface area contributed by atoms with E-state index in [0.29, 0.717) is 6.10 Å². The molecule has 0 amide bonds. The third-order valence-corrected chi connectivity index (χ3v) is 3.08. The molecule has 1 atom stereocenters. The van der Waals surface area contributed by atoms with Gasteiger partial charge in [-0.2, -0.15) is 16.9 Å². The van der Waals surface area contributed by atoms with Gasteiger partial charge in [0, 0.05) is 5.75 Å². The first-order valence-corrected chi connectivity index (χ1v) is 5.34. The van der Waals surface area contributed by atoms with Crippen molar-refractivity contribution in [1.29, 1.82) is 0 Å². The standard InChI is InChI=1S/C8H12N2OS/c1-2-7(6-12-3-1)11-8-4-9-10-5-8/h4-5,7H,1-3,6H2,(H,9,10). The Morgan fingerprint density at radius 2 is 2.67 bits per heavy atom. The monoisotopic (exact) mass is 184 g/mol. The minimum atomic E-state index is 0.390. The van der Waals surface area contributed by atoms with Crippen LogP contribution in [-0.4, -0.2) is 27.8 Å². The van der Waals surface area contributed by atoms with Gasteiger partial charge >= 0.3 is 0 Å². The number of H-pyrrole nitrogens is 1. The molecule has 0 aliphatic carbocycles. The van der Waals surface area contributed by atoms with Gasteiger partial charge in [0.1, 0.15) is 6.10 Å². The van der Waals surface area contributed by atoms with E-state index < -0.39 is 0 Å². The van der Waals surface area contributed by atoms with Crippen molar-refractivity contribution in [2.24, 2.45) is 0 Å². The summed E-state index contributed by atoms with van der Waals surface area (Å²) in [6.45, 7) is 0. The minimum Gasteiger partial charge on any atom is -0.486 e. The number of nitrogens with zero attached hydrogens (tertiary/aromatic N) is 1. The Hall–Kier alpha value is -0.640. The van der Waals surface area contributed by atoms with Crippen molar-refractivity contribution in [3.8, 4) is 5.75 Å². The number of ether oxygens (including phenoxy) is 1. The van der Waals surface area contributed by atoms with Crippen molar-refractivity contribution in [2.75, 3.05) is 11.5 Å². The number of rotatable bonds is 2. The SMILES string of the molecule is c1n[nH]cc1OC1CCCSC1. The van der Waals surface area contributed by atoms with Gasteiger partial charge in [-0.3, -0.25) is 5.10 Å². The molecule has 2 rings (SSSR count). The molecule has 1 aromatic rings. The highest BCUT2D eigenvalue weighted by atomic mass is 32.2. The molecule has 1 aliphatic heterocycles. The van der Waals surface area contributed by atoms with Crippen LogP contribution in [0, 0.1) is 0 Å². The van der Waals surface area contributed by atoms with Gasteiger partial charge < -0.3 is 4.74 Å². The van der Waals surface area contributed by atoms with Crippen LogP contribution in [0.5, 0.6) is 5.75 Å². The number of thioether (sulfide) groups is 1. The third kappa shape index (κ3) is 1.94. The van der Waals surface area contributed by atoms with Crippen LogP contribution in [0.25, 0.3) is 0 Å². The van der Waals surface area contributed by atoms with Crippen LogP contribution >= 0.6 is 11.8 Å². The smallest absolute Gasteiger partial charge is 0.157 e. The molecule has 1 aliphatic rings. The lowest BCUT2D eigenvalue weighted by molar-refractivity contribution is 0.211. The number of aromatic amines is 1. The Balaban J connectivity index is 1.86. The Bertz CT molecular complexity index is 219. The van der Waals surface area contributed by atoms with Gasteiger partial charge in [-0.15, -0.1) is 0 Å². The van der Waals surface area contributed by atoms with Crippen molar-refractivity contribution < 1.29 is 4.74 Å². The van der Waals surface area contributed by atoms with Gasteiger partial charge in [-0.25, -0.2) is 0 Å². The molecule has 0 radical (unpaired) electrons. The highest BCUT2D eigenvalue weighted by Gasteiger charge is 2.15. The first-order chi connectivity index (χ1) is 5.95. The van der Waals surface area contributed by atoms with Crippen molar-refractivity contribution >= 4 is 11.8 Å². The van der Waals surface area contributed by atoms with E-state index in [1.165, 1.54) is 18.6 Å². The van der Waals surface area contributed by atoms with Crippen molar-refractivity contribution in [2.45, 2.75) is 18.9 Å². The first-order valence-electron chi connectivity index (χ1n) is 4.18. The predicted molar refractivity (Wildman–Crippen MR) is 49.6 cm³/mol. The second-order valence-electron chi connectivity index (χ2n) is 2.89. The summed E-state index contributed by atoms with van der Waals surface area (Å²) in [5.41, 5.74) is 0. The lowest BCUT2D eigenvalue weighted by Gasteiger charge is -2.21.